The summed E-state index contributed by atoms with van der Waals surface area (Å²) < 4.78 is 26.5. The Morgan fingerprint density at radius 3 is 2.92 bits per heavy atom. The zero-order valence-corrected chi connectivity index (χ0v) is 14.7. The lowest BCUT2D eigenvalue weighted by Crippen LogP contribution is -2.47. The average molecular weight is 355 g/mol. The van der Waals surface area contributed by atoms with E-state index in [0.29, 0.717) is 25.8 Å². The molecule has 0 radical (unpaired) electrons. The molecule has 0 spiro atoms. The van der Waals surface area contributed by atoms with Crippen molar-refractivity contribution in [2.45, 2.75) is 56.2 Å². The number of hydrogen-bond donors (Lipinski definition) is 2. The van der Waals surface area contributed by atoms with E-state index in [0.717, 1.165) is 12.8 Å². The van der Waals surface area contributed by atoms with Crippen molar-refractivity contribution < 1.29 is 18.3 Å². The zero-order chi connectivity index (χ0) is 17.6. The summed E-state index contributed by atoms with van der Waals surface area (Å²) in [5.74, 6) is -0.0954. The third kappa shape index (κ3) is 4.75. The van der Waals surface area contributed by atoms with E-state index in [9.17, 15) is 18.3 Å². The third-order valence-electron chi connectivity index (χ3n) is 4.12. The molecule has 8 heteroatoms. The van der Waals surface area contributed by atoms with Crippen LogP contribution in [0.2, 0.25) is 0 Å². The molecule has 0 aromatic carbocycles. The maximum Gasteiger partial charge on any atom is 0.260 e. The van der Waals surface area contributed by atoms with E-state index >= 15 is 0 Å². The first-order valence-corrected chi connectivity index (χ1v) is 9.77. The van der Waals surface area contributed by atoms with Gasteiger partial charge in [0.1, 0.15) is 0 Å². The Bertz CT molecular complexity index is 636. The summed E-state index contributed by atoms with van der Waals surface area (Å²) in [6, 6.07) is 4.29. The highest BCUT2D eigenvalue weighted by Gasteiger charge is 2.33. The molecule has 2 heterocycles. The quantitative estimate of drug-likeness (QED) is 0.790. The van der Waals surface area contributed by atoms with E-state index in [-0.39, 0.29) is 17.5 Å². The highest BCUT2D eigenvalue weighted by molar-refractivity contribution is 7.89. The Hall–Kier alpha value is -1.51. The first-order valence-electron chi connectivity index (χ1n) is 8.33. The summed E-state index contributed by atoms with van der Waals surface area (Å²) in [4.78, 5) is 15.8. The van der Waals surface area contributed by atoms with Crippen LogP contribution in [0.5, 0.6) is 0 Å². The fourth-order valence-corrected chi connectivity index (χ4v) is 4.17. The number of aliphatic hydroxyl groups excluding tert-OH is 1. The maximum atomic E-state index is 12.6. The van der Waals surface area contributed by atoms with E-state index < -0.39 is 22.2 Å². The van der Waals surface area contributed by atoms with E-state index in [2.05, 4.69) is 10.3 Å². The summed E-state index contributed by atoms with van der Waals surface area (Å²) in [7, 11) is -3.73. The third-order valence-corrected chi connectivity index (χ3v) is 5.91. The topological polar surface area (TPSA) is 99.6 Å². The van der Waals surface area contributed by atoms with Gasteiger partial charge < -0.3 is 10.4 Å². The molecule has 2 rings (SSSR count). The summed E-state index contributed by atoms with van der Waals surface area (Å²) in [6.07, 6.45) is 3.77. The highest BCUT2D eigenvalue weighted by atomic mass is 32.2. The predicted octanol–water partition coefficient (Wildman–Crippen LogP) is 0.902. The minimum atomic E-state index is -3.73. The van der Waals surface area contributed by atoms with Gasteiger partial charge in [0.2, 0.25) is 5.91 Å². The number of carbonyl (C=O) groups is 1. The molecule has 0 aliphatic carbocycles. The number of nitrogens with zero attached hydrogens (tertiary/aromatic N) is 2. The second-order valence-electron chi connectivity index (χ2n) is 6.02. The van der Waals surface area contributed by atoms with Crippen LogP contribution >= 0.6 is 0 Å². The number of nitrogens with one attached hydrogen (secondary N) is 1. The van der Waals surface area contributed by atoms with Crippen LogP contribution in [-0.2, 0) is 14.8 Å². The van der Waals surface area contributed by atoms with Crippen molar-refractivity contribution in [2.24, 2.45) is 0 Å². The van der Waals surface area contributed by atoms with Crippen molar-refractivity contribution in [1.29, 1.82) is 0 Å². The fourth-order valence-electron chi connectivity index (χ4n) is 2.74. The Morgan fingerprint density at radius 2 is 2.25 bits per heavy atom. The number of unbranched alkanes of at least 4 members (excludes halogenated alkanes) is 1. The SMILES string of the molecule is CCCCC(=O)NC1CCCN(S(=O)(=O)c2ccccn2)CC1O. The largest absolute Gasteiger partial charge is 0.390 e. The van der Waals surface area contributed by atoms with E-state index in [4.69, 9.17) is 0 Å². The molecule has 134 valence electrons. The van der Waals surface area contributed by atoms with E-state index in [1.807, 2.05) is 6.92 Å². The summed E-state index contributed by atoms with van der Waals surface area (Å²) >= 11 is 0. The monoisotopic (exact) mass is 355 g/mol. The van der Waals surface area contributed by atoms with Crippen LogP contribution in [0.1, 0.15) is 39.0 Å². The van der Waals surface area contributed by atoms with Crippen LogP contribution in [0, 0.1) is 0 Å². The highest BCUT2D eigenvalue weighted by Crippen LogP contribution is 2.19. The molecule has 1 aromatic heterocycles. The van der Waals surface area contributed by atoms with Crippen LogP contribution in [0.4, 0.5) is 0 Å². The molecule has 24 heavy (non-hydrogen) atoms. The van der Waals surface area contributed by atoms with Gasteiger partial charge in [0.15, 0.2) is 5.03 Å². The van der Waals surface area contributed by atoms with Crippen LogP contribution in [0.25, 0.3) is 0 Å². The Balaban J connectivity index is 2.04. The Morgan fingerprint density at radius 1 is 1.46 bits per heavy atom. The lowest BCUT2D eigenvalue weighted by Gasteiger charge is -2.24. The normalized spacial score (nSPS) is 22.8. The molecule has 1 saturated heterocycles. The van der Waals surface area contributed by atoms with Gasteiger partial charge in [0.05, 0.1) is 12.1 Å². The Labute approximate surface area is 143 Å². The molecule has 2 N–H and O–H groups in total. The van der Waals surface area contributed by atoms with Crippen LogP contribution in [0.15, 0.2) is 29.4 Å². The molecule has 0 saturated carbocycles. The van der Waals surface area contributed by atoms with Gasteiger partial charge in [-0.25, -0.2) is 13.4 Å². The average Bonchev–Trinajstić information content (AvgIpc) is 2.76. The van der Waals surface area contributed by atoms with E-state index in [1.54, 1.807) is 12.1 Å². The van der Waals surface area contributed by atoms with Gasteiger partial charge in [-0.3, -0.25) is 4.79 Å². The number of hydrogen-bond acceptors (Lipinski definition) is 5. The standard InChI is InChI=1S/C16H25N3O4S/c1-2-3-8-15(21)18-13-7-6-11-19(12-14(13)20)24(22,23)16-9-4-5-10-17-16/h4-5,9-10,13-14,20H,2-3,6-8,11-12H2,1H3,(H,18,21). The molecule has 1 aliphatic heterocycles. The smallest absolute Gasteiger partial charge is 0.260 e. The van der Waals surface area contributed by atoms with Gasteiger partial charge in [-0.15, -0.1) is 0 Å². The maximum absolute atomic E-state index is 12.6. The number of sulfonamides is 1. The van der Waals surface area contributed by atoms with Crippen molar-refractivity contribution in [3.05, 3.63) is 24.4 Å². The second-order valence-corrected chi connectivity index (χ2v) is 7.90. The summed E-state index contributed by atoms with van der Waals surface area (Å²) in [5.41, 5.74) is 0. The second kappa shape index (κ2) is 8.55. The van der Waals surface area contributed by atoms with Gasteiger partial charge in [0.25, 0.3) is 10.0 Å². The van der Waals surface area contributed by atoms with Gasteiger partial charge in [0, 0.05) is 25.7 Å². The zero-order valence-electron chi connectivity index (χ0n) is 13.9. The fraction of sp³-hybridized carbons (Fsp3) is 0.625. The number of carbonyl (C=O) groups excluding carboxylic acids is 1. The van der Waals surface area contributed by atoms with Crippen molar-refractivity contribution in [1.82, 2.24) is 14.6 Å². The predicted molar refractivity (Wildman–Crippen MR) is 89.7 cm³/mol. The van der Waals surface area contributed by atoms with Crippen molar-refractivity contribution in [3.63, 3.8) is 0 Å². The minimum absolute atomic E-state index is 0.0253. The van der Waals surface area contributed by atoms with Crippen molar-refractivity contribution in [3.8, 4) is 0 Å². The summed E-state index contributed by atoms with van der Waals surface area (Å²) in [6.45, 7) is 2.27. The van der Waals surface area contributed by atoms with Gasteiger partial charge >= 0.3 is 0 Å². The number of aromatic nitrogens is 1. The molecule has 1 aromatic rings. The van der Waals surface area contributed by atoms with E-state index in [1.165, 1.54) is 16.6 Å². The molecule has 7 nitrogen and oxygen atoms in total. The Kier molecular flexibility index (Phi) is 6.70. The molecular formula is C16H25N3O4S. The van der Waals surface area contributed by atoms with Gasteiger partial charge in [-0.1, -0.05) is 19.4 Å². The first kappa shape index (κ1) is 18.8. The molecule has 2 atom stereocenters. The molecule has 2 unspecified atom stereocenters. The lowest BCUT2D eigenvalue weighted by atomic mass is 10.1. The number of pyridine rings is 1. The van der Waals surface area contributed by atoms with Crippen LogP contribution in [0.3, 0.4) is 0 Å². The summed E-state index contributed by atoms with van der Waals surface area (Å²) in [5, 5.41) is 13.2. The van der Waals surface area contributed by atoms with Crippen molar-refractivity contribution >= 4 is 15.9 Å². The first-order chi connectivity index (χ1) is 11.4. The molecule has 1 fully saturated rings. The molecule has 1 aliphatic rings. The van der Waals surface area contributed by atoms with Crippen LogP contribution in [-0.4, -0.2) is 54.0 Å². The number of β-amino-alcohol motifs (C(OH)–C–C–N with tert-alkyl or cyclic N) is 1. The number of aliphatic hydroxyl groups is 1. The van der Waals surface area contributed by atoms with Crippen LogP contribution < -0.4 is 5.32 Å². The minimum Gasteiger partial charge on any atom is -0.390 e. The lowest BCUT2D eigenvalue weighted by molar-refractivity contribution is -0.122. The van der Waals surface area contributed by atoms with Gasteiger partial charge in [-0.05, 0) is 31.4 Å². The van der Waals surface area contributed by atoms with Crippen molar-refractivity contribution in [2.75, 3.05) is 13.1 Å². The number of amides is 1. The molecule has 1 amide bonds. The molecule has 0 bridgehead atoms. The van der Waals surface area contributed by atoms with Gasteiger partial charge in [-0.2, -0.15) is 4.31 Å². The number of rotatable bonds is 6. The molecular weight excluding hydrogens is 330 g/mol.